The van der Waals surface area contributed by atoms with E-state index in [0.29, 0.717) is 6.42 Å². The normalized spacial score (nSPS) is 9.77. The molecular formula is C11H15NO. The molecule has 2 heteroatoms. The Morgan fingerprint density at radius 3 is 2.69 bits per heavy atom. The molecule has 1 aromatic carbocycles. The van der Waals surface area contributed by atoms with Crippen LogP contribution in [-0.4, -0.2) is 5.91 Å². The summed E-state index contributed by atoms with van der Waals surface area (Å²) in [5.74, 6) is 0.0636. The summed E-state index contributed by atoms with van der Waals surface area (Å²) in [6.07, 6.45) is 0.521. The Hall–Kier alpha value is -1.31. The van der Waals surface area contributed by atoms with Crippen molar-refractivity contribution in [2.75, 3.05) is 5.32 Å². The van der Waals surface area contributed by atoms with Gasteiger partial charge in [0.05, 0.1) is 0 Å². The number of benzene rings is 1. The van der Waals surface area contributed by atoms with Gasteiger partial charge in [0.2, 0.25) is 5.91 Å². The molecule has 1 N–H and O–H groups in total. The molecule has 0 fully saturated rings. The first-order valence-electron chi connectivity index (χ1n) is 4.50. The average Bonchev–Trinajstić information content (AvgIpc) is 2.11. The molecule has 0 aromatic heterocycles. The van der Waals surface area contributed by atoms with Crippen molar-refractivity contribution in [1.29, 1.82) is 0 Å². The summed E-state index contributed by atoms with van der Waals surface area (Å²) in [6.45, 7) is 5.85. The molecule has 0 saturated heterocycles. The number of hydrogen-bond acceptors (Lipinski definition) is 1. The van der Waals surface area contributed by atoms with Gasteiger partial charge in [0.15, 0.2) is 0 Å². The molecule has 0 bridgehead atoms. The molecule has 1 aromatic rings. The maximum absolute atomic E-state index is 11.1. The minimum Gasteiger partial charge on any atom is -0.326 e. The van der Waals surface area contributed by atoms with Crippen LogP contribution in [0.2, 0.25) is 0 Å². The number of rotatable bonds is 2. The first-order chi connectivity index (χ1) is 6.13. The van der Waals surface area contributed by atoms with E-state index in [2.05, 4.69) is 5.32 Å². The van der Waals surface area contributed by atoms with Crippen molar-refractivity contribution < 1.29 is 4.79 Å². The van der Waals surface area contributed by atoms with E-state index in [-0.39, 0.29) is 5.91 Å². The van der Waals surface area contributed by atoms with Crippen molar-refractivity contribution in [2.45, 2.75) is 27.2 Å². The fraction of sp³-hybridized carbons (Fsp3) is 0.364. The molecule has 0 aliphatic heterocycles. The van der Waals surface area contributed by atoms with Crippen LogP contribution >= 0.6 is 0 Å². The highest BCUT2D eigenvalue weighted by Gasteiger charge is 2.01. The average molecular weight is 177 g/mol. The molecule has 0 aliphatic carbocycles. The zero-order valence-corrected chi connectivity index (χ0v) is 8.35. The standard InChI is InChI=1S/C11H15NO/c1-4-11(13)12-10-7-8(2)5-6-9(10)3/h5-7H,4H2,1-3H3,(H,12,13). The Kier molecular flexibility index (Phi) is 3.07. The second kappa shape index (κ2) is 4.08. The summed E-state index contributed by atoms with van der Waals surface area (Å²) in [4.78, 5) is 11.1. The van der Waals surface area contributed by atoms with Crippen LogP contribution in [0.5, 0.6) is 0 Å². The fourth-order valence-corrected chi connectivity index (χ4v) is 1.11. The fourth-order valence-electron chi connectivity index (χ4n) is 1.11. The van der Waals surface area contributed by atoms with Crippen molar-refractivity contribution in [3.05, 3.63) is 29.3 Å². The van der Waals surface area contributed by atoms with Gasteiger partial charge in [-0.15, -0.1) is 0 Å². The van der Waals surface area contributed by atoms with Crippen molar-refractivity contribution in [3.8, 4) is 0 Å². The zero-order chi connectivity index (χ0) is 9.84. The lowest BCUT2D eigenvalue weighted by molar-refractivity contribution is -0.115. The smallest absolute Gasteiger partial charge is 0.224 e. The summed E-state index contributed by atoms with van der Waals surface area (Å²) < 4.78 is 0. The van der Waals surface area contributed by atoms with Crippen molar-refractivity contribution >= 4 is 11.6 Å². The lowest BCUT2D eigenvalue weighted by Crippen LogP contribution is -2.10. The van der Waals surface area contributed by atoms with Crippen LogP contribution in [0.15, 0.2) is 18.2 Å². The SMILES string of the molecule is CCC(=O)Nc1cc(C)ccc1C. The largest absolute Gasteiger partial charge is 0.326 e. The van der Waals surface area contributed by atoms with Crippen molar-refractivity contribution in [3.63, 3.8) is 0 Å². The van der Waals surface area contributed by atoms with Crippen LogP contribution in [0.25, 0.3) is 0 Å². The van der Waals surface area contributed by atoms with Gasteiger partial charge in [-0.05, 0) is 31.0 Å². The van der Waals surface area contributed by atoms with Crippen LogP contribution in [0.1, 0.15) is 24.5 Å². The summed E-state index contributed by atoms with van der Waals surface area (Å²) in [5, 5.41) is 2.86. The molecular weight excluding hydrogens is 162 g/mol. The van der Waals surface area contributed by atoms with E-state index in [4.69, 9.17) is 0 Å². The highest BCUT2D eigenvalue weighted by atomic mass is 16.1. The van der Waals surface area contributed by atoms with Crippen LogP contribution in [0, 0.1) is 13.8 Å². The minimum absolute atomic E-state index is 0.0636. The summed E-state index contributed by atoms with van der Waals surface area (Å²) in [5.41, 5.74) is 3.19. The van der Waals surface area contributed by atoms with Gasteiger partial charge >= 0.3 is 0 Å². The van der Waals surface area contributed by atoms with E-state index in [1.807, 2.05) is 39.0 Å². The molecule has 13 heavy (non-hydrogen) atoms. The van der Waals surface area contributed by atoms with E-state index < -0.39 is 0 Å². The van der Waals surface area contributed by atoms with E-state index in [1.54, 1.807) is 0 Å². The van der Waals surface area contributed by atoms with Gasteiger partial charge in [-0.2, -0.15) is 0 Å². The van der Waals surface area contributed by atoms with Gasteiger partial charge in [-0.3, -0.25) is 4.79 Å². The highest BCUT2D eigenvalue weighted by molar-refractivity contribution is 5.91. The molecule has 0 unspecified atom stereocenters. The first kappa shape index (κ1) is 9.78. The number of anilines is 1. The molecule has 1 rings (SSSR count). The molecule has 1 amide bonds. The van der Waals surface area contributed by atoms with Gasteiger partial charge in [-0.1, -0.05) is 19.1 Å². The predicted octanol–water partition coefficient (Wildman–Crippen LogP) is 2.65. The van der Waals surface area contributed by atoms with Crippen LogP contribution in [0.3, 0.4) is 0 Å². The van der Waals surface area contributed by atoms with Crippen LogP contribution in [0.4, 0.5) is 5.69 Å². The van der Waals surface area contributed by atoms with E-state index >= 15 is 0 Å². The Balaban J connectivity index is 2.87. The third-order valence-corrected chi connectivity index (χ3v) is 1.99. The predicted molar refractivity (Wildman–Crippen MR) is 54.8 cm³/mol. The molecule has 70 valence electrons. The molecule has 0 atom stereocenters. The van der Waals surface area contributed by atoms with E-state index in [9.17, 15) is 4.79 Å². The Morgan fingerprint density at radius 1 is 1.38 bits per heavy atom. The maximum Gasteiger partial charge on any atom is 0.224 e. The van der Waals surface area contributed by atoms with Gasteiger partial charge in [0, 0.05) is 12.1 Å². The quantitative estimate of drug-likeness (QED) is 0.739. The molecule has 0 spiro atoms. The van der Waals surface area contributed by atoms with E-state index in [0.717, 1.165) is 16.8 Å². The summed E-state index contributed by atoms with van der Waals surface area (Å²) in [7, 11) is 0. The van der Waals surface area contributed by atoms with Gasteiger partial charge in [-0.25, -0.2) is 0 Å². The number of carbonyl (C=O) groups is 1. The zero-order valence-electron chi connectivity index (χ0n) is 8.35. The molecule has 0 saturated carbocycles. The van der Waals surface area contributed by atoms with Crippen LogP contribution in [-0.2, 0) is 4.79 Å². The monoisotopic (exact) mass is 177 g/mol. The number of amides is 1. The molecule has 0 aliphatic rings. The molecule has 0 radical (unpaired) electrons. The highest BCUT2D eigenvalue weighted by Crippen LogP contribution is 2.16. The Morgan fingerprint density at radius 2 is 2.08 bits per heavy atom. The van der Waals surface area contributed by atoms with Crippen molar-refractivity contribution in [1.82, 2.24) is 0 Å². The number of carbonyl (C=O) groups excluding carboxylic acids is 1. The Bertz CT molecular complexity index is 318. The second-order valence-electron chi connectivity index (χ2n) is 3.22. The van der Waals surface area contributed by atoms with Crippen molar-refractivity contribution in [2.24, 2.45) is 0 Å². The lowest BCUT2D eigenvalue weighted by atomic mass is 10.1. The third-order valence-electron chi connectivity index (χ3n) is 1.99. The van der Waals surface area contributed by atoms with Gasteiger partial charge < -0.3 is 5.32 Å². The summed E-state index contributed by atoms with van der Waals surface area (Å²) in [6, 6.07) is 6.04. The van der Waals surface area contributed by atoms with Gasteiger partial charge in [0.1, 0.15) is 0 Å². The summed E-state index contributed by atoms with van der Waals surface area (Å²) >= 11 is 0. The lowest BCUT2D eigenvalue weighted by Gasteiger charge is -2.07. The number of hydrogen-bond donors (Lipinski definition) is 1. The molecule has 0 heterocycles. The molecule has 2 nitrogen and oxygen atoms in total. The topological polar surface area (TPSA) is 29.1 Å². The minimum atomic E-state index is 0.0636. The number of nitrogens with one attached hydrogen (secondary N) is 1. The first-order valence-corrected chi connectivity index (χ1v) is 4.50. The number of aryl methyl sites for hydroxylation is 2. The second-order valence-corrected chi connectivity index (χ2v) is 3.22. The van der Waals surface area contributed by atoms with Crippen LogP contribution < -0.4 is 5.32 Å². The van der Waals surface area contributed by atoms with Gasteiger partial charge in [0.25, 0.3) is 0 Å². The third kappa shape index (κ3) is 2.58. The Labute approximate surface area is 79.0 Å². The van der Waals surface area contributed by atoms with E-state index in [1.165, 1.54) is 0 Å². The maximum atomic E-state index is 11.1.